The van der Waals surface area contributed by atoms with Crippen LogP contribution in [-0.2, 0) is 0 Å². The van der Waals surface area contributed by atoms with Crippen LogP contribution in [0.2, 0.25) is 0 Å². The van der Waals surface area contributed by atoms with Crippen molar-refractivity contribution in [1.82, 2.24) is 9.88 Å². The van der Waals surface area contributed by atoms with Crippen molar-refractivity contribution in [2.24, 2.45) is 0 Å². The van der Waals surface area contributed by atoms with Gasteiger partial charge in [0.25, 0.3) is 5.91 Å². The van der Waals surface area contributed by atoms with Crippen molar-refractivity contribution in [3.05, 3.63) is 42.0 Å². The van der Waals surface area contributed by atoms with Crippen LogP contribution < -0.4 is 14.4 Å². The third-order valence-corrected chi connectivity index (χ3v) is 7.31. The van der Waals surface area contributed by atoms with Crippen LogP contribution in [0.5, 0.6) is 11.5 Å². The Bertz CT molecular complexity index is 992. The predicted molar refractivity (Wildman–Crippen MR) is 135 cm³/mol. The van der Waals surface area contributed by atoms with Crippen molar-refractivity contribution in [3.8, 4) is 11.5 Å². The third-order valence-electron chi connectivity index (χ3n) is 5.32. The van der Waals surface area contributed by atoms with E-state index < -0.39 is 0 Å². The number of hydrogen-bond donors (Lipinski definition) is 0. The van der Waals surface area contributed by atoms with Crippen molar-refractivity contribution in [3.63, 3.8) is 0 Å². The molecule has 0 aliphatic rings. The van der Waals surface area contributed by atoms with Crippen LogP contribution in [-0.4, -0.2) is 61.9 Å². The Kier molecular flexibility index (Phi) is 8.78. The highest BCUT2D eigenvalue weighted by Crippen LogP contribution is 2.40. The van der Waals surface area contributed by atoms with Gasteiger partial charge in [0.2, 0.25) is 0 Å². The van der Waals surface area contributed by atoms with Gasteiger partial charge in [0.1, 0.15) is 21.7 Å². The Morgan fingerprint density at radius 2 is 1.62 bits per heavy atom. The number of anilines is 1. The van der Waals surface area contributed by atoms with Crippen molar-refractivity contribution >= 4 is 44.4 Å². The summed E-state index contributed by atoms with van der Waals surface area (Å²) in [4.78, 5) is 23.6. The molecule has 172 valence electrons. The fraction of sp³-hybridized carbons (Fsp3) is 0.417. The highest BCUT2D eigenvalue weighted by molar-refractivity contribution is 7.99. The molecular formula is C24H31N3O3S2. The fourth-order valence-corrected chi connectivity index (χ4v) is 5.23. The summed E-state index contributed by atoms with van der Waals surface area (Å²) in [5.41, 5.74) is 1.37. The van der Waals surface area contributed by atoms with Crippen LogP contribution in [0.4, 0.5) is 5.13 Å². The van der Waals surface area contributed by atoms with E-state index in [0.717, 1.165) is 40.7 Å². The molecule has 0 unspecified atom stereocenters. The molecule has 0 aliphatic heterocycles. The lowest BCUT2D eigenvalue weighted by Gasteiger charge is -2.24. The van der Waals surface area contributed by atoms with Gasteiger partial charge in [-0.25, -0.2) is 4.98 Å². The third kappa shape index (κ3) is 5.36. The van der Waals surface area contributed by atoms with Gasteiger partial charge < -0.3 is 14.4 Å². The van der Waals surface area contributed by atoms with Crippen LogP contribution in [0.3, 0.4) is 0 Å². The van der Waals surface area contributed by atoms with E-state index in [4.69, 9.17) is 14.5 Å². The summed E-state index contributed by atoms with van der Waals surface area (Å²) < 4.78 is 11.9. The van der Waals surface area contributed by atoms with Crippen molar-refractivity contribution in [2.75, 3.05) is 51.1 Å². The number of hydrogen-bond acceptors (Lipinski definition) is 7. The monoisotopic (exact) mass is 473 g/mol. The molecule has 1 heterocycles. The Labute approximate surface area is 198 Å². The molecule has 2 aromatic carbocycles. The molecule has 1 aromatic heterocycles. The number of carbonyl (C=O) groups excluding carboxylic acids is 1. The molecule has 0 radical (unpaired) electrons. The molecule has 0 saturated heterocycles. The zero-order valence-corrected chi connectivity index (χ0v) is 21.0. The Hall–Kier alpha value is -2.29. The minimum Gasteiger partial charge on any atom is -0.495 e. The molecule has 0 atom stereocenters. The van der Waals surface area contributed by atoms with Crippen LogP contribution in [0.15, 0.2) is 41.3 Å². The largest absolute Gasteiger partial charge is 0.495 e. The number of rotatable bonds is 11. The molecule has 0 aliphatic carbocycles. The lowest BCUT2D eigenvalue weighted by Crippen LogP contribution is -2.38. The number of nitrogens with zero attached hydrogens (tertiary/aromatic N) is 3. The van der Waals surface area contributed by atoms with E-state index >= 15 is 0 Å². The maximum absolute atomic E-state index is 13.6. The summed E-state index contributed by atoms with van der Waals surface area (Å²) in [6.07, 6.45) is 0. The van der Waals surface area contributed by atoms with Crippen molar-refractivity contribution < 1.29 is 14.3 Å². The number of amides is 1. The fourth-order valence-electron chi connectivity index (χ4n) is 3.47. The number of benzene rings is 2. The summed E-state index contributed by atoms with van der Waals surface area (Å²) in [5.74, 6) is 2.34. The minimum atomic E-state index is -0.0535. The first-order chi connectivity index (χ1) is 15.6. The molecule has 3 rings (SSSR count). The van der Waals surface area contributed by atoms with Crippen LogP contribution in [0.25, 0.3) is 10.2 Å². The lowest BCUT2D eigenvalue weighted by molar-refractivity contribution is 0.0983. The minimum absolute atomic E-state index is 0.0535. The molecule has 3 aromatic rings. The summed E-state index contributed by atoms with van der Waals surface area (Å²) in [6, 6.07) is 11.5. The van der Waals surface area contributed by atoms with Crippen LogP contribution in [0.1, 0.15) is 31.1 Å². The second-order valence-electron chi connectivity index (χ2n) is 7.09. The number of ether oxygens (including phenoxy) is 2. The molecule has 0 fully saturated rings. The summed E-state index contributed by atoms with van der Waals surface area (Å²) >= 11 is 3.22. The van der Waals surface area contributed by atoms with Gasteiger partial charge in [-0.05, 0) is 55.2 Å². The molecular weight excluding hydrogens is 442 g/mol. The van der Waals surface area contributed by atoms with Gasteiger partial charge in [-0.1, -0.05) is 32.1 Å². The van der Waals surface area contributed by atoms with E-state index in [2.05, 4.69) is 25.7 Å². The molecule has 1 amide bonds. The van der Waals surface area contributed by atoms with Crippen molar-refractivity contribution in [1.29, 1.82) is 0 Å². The molecule has 8 heteroatoms. The van der Waals surface area contributed by atoms with E-state index in [9.17, 15) is 4.79 Å². The second-order valence-corrected chi connectivity index (χ2v) is 9.40. The number of thioether (sulfide) groups is 1. The summed E-state index contributed by atoms with van der Waals surface area (Å²) in [5, 5.41) is 0.645. The number of aromatic nitrogens is 1. The molecule has 6 nitrogen and oxygen atoms in total. The zero-order chi connectivity index (χ0) is 23.1. The van der Waals surface area contributed by atoms with Gasteiger partial charge in [0, 0.05) is 23.5 Å². The Morgan fingerprint density at radius 1 is 0.969 bits per heavy atom. The second kappa shape index (κ2) is 11.5. The van der Waals surface area contributed by atoms with E-state index in [1.807, 2.05) is 36.4 Å². The van der Waals surface area contributed by atoms with Gasteiger partial charge >= 0.3 is 0 Å². The summed E-state index contributed by atoms with van der Waals surface area (Å²) in [6.45, 7) is 9.57. The molecule has 32 heavy (non-hydrogen) atoms. The van der Waals surface area contributed by atoms with Crippen molar-refractivity contribution in [2.45, 2.75) is 25.7 Å². The average Bonchev–Trinajstić information content (AvgIpc) is 3.27. The number of likely N-dealkylation sites (N-methyl/N-ethyl adjacent to an activating group) is 1. The maximum Gasteiger partial charge on any atom is 0.260 e. The van der Waals surface area contributed by atoms with Gasteiger partial charge in [0.15, 0.2) is 5.13 Å². The van der Waals surface area contributed by atoms with Crippen LogP contribution in [0, 0.1) is 0 Å². The van der Waals surface area contributed by atoms with E-state index in [0.29, 0.717) is 28.5 Å². The standard InChI is InChI=1S/C24H31N3O3S2/c1-6-26(7-2)15-16-27(23(28)17-9-11-18(12-10-17)31-8-3)24-25-21-19(29-4)13-14-20(30-5)22(21)32-24/h9-14H,6-8,15-16H2,1-5H3. The highest BCUT2D eigenvalue weighted by atomic mass is 32.2. The first kappa shape index (κ1) is 24.4. The number of thiazole rings is 1. The highest BCUT2D eigenvalue weighted by Gasteiger charge is 2.24. The lowest BCUT2D eigenvalue weighted by atomic mass is 10.2. The molecule has 0 bridgehead atoms. The summed E-state index contributed by atoms with van der Waals surface area (Å²) in [7, 11) is 3.26. The number of carbonyl (C=O) groups is 1. The van der Waals surface area contributed by atoms with E-state index in [1.165, 1.54) is 11.3 Å². The SMILES string of the molecule is CCSc1ccc(C(=O)N(CCN(CC)CC)c2nc3c(OC)ccc(OC)c3s2)cc1. The van der Waals surface area contributed by atoms with E-state index in [1.54, 1.807) is 30.9 Å². The van der Waals surface area contributed by atoms with E-state index in [-0.39, 0.29) is 5.91 Å². The van der Waals surface area contributed by atoms with Gasteiger partial charge in [-0.15, -0.1) is 11.8 Å². The number of methoxy groups -OCH3 is 2. The average molecular weight is 474 g/mol. The normalized spacial score (nSPS) is 11.2. The first-order valence-corrected chi connectivity index (χ1v) is 12.6. The topological polar surface area (TPSA) is 54.9 Å². The quantitative estimate of drug-likeness (QED) is 0.347. The van der Waals surface area contributed by atoms with Crippen LogP contribution >= 0.6 is 23.1 Å². The molecule has 0 N–H and O–H groups in total. The van der Waals surface area contributed by atoms with Gasteiger partial charge in [-0.3, -0.25) is 9.69 Å². The maximum atomic E-state index is 13.6. The number of fused-ring (bicyclic) bond motifs is 1. The predicted octanol–water partition coefficient (Wildman–Crippen LogP) is 5.41. The smallest absolute Gasteiger partial charge is 0.260 e. The first-order valence-electron chi connectivity index (χ1n) is 10.8. The Morgan fingerprint density at radius 3 is 2.22 bits per heavy atom. The zero-order valence-electron chi connectivity index (χ0n) is 19.4. The Balaban J connectivity index is 2.01. The van der Waals surface area contributed by atoms with Gasteiger partial charge in [0.05, 0.1) is 14.2 Å². The molecule has 0 spiro atoms. The van der Waals surface area contributed by atoms with Gasteiger partial charge in [-0.2, -0.15) is 0 Å². The molecule has 0 saturated carbocycles.